The second-order valence-corrected chi connectivity index (χ2v) is 6.00. The molecule has 0 radical (unpaired) electrons. The van der Waals surface area contributed by atoms with Gasteiger partial charge in [-0.15, -0.1) is 0 Å². The molecule has 0 aromatic heterocycles. The number of nitrogens with one attached hydrogen (secondary N) is 2. The van der Waals surface area contributed by atoms with Crippen molar-refractivity contribution in [1.29, 1.82) is 0 Å². The fraction of sp³-hybridized carbons (Fsp3) is 0.385. The van der Waals surface area contributed by atoms with Gasteiger partial charge in [0.25, 0.3) is 0 Å². The molecule has 0 aliphatic heterocycles. The highest BCUT2D eigenvalue weighted by atomic mass is 32.2. The maximum Gasteiger partial charge on any atom is 0.208 e. The van der Waals surface area contributed by atoms with Crippen molar-refractivity contribution in [1.82, 2.24) is 10.0 Å². The maximum atomic E-state index is 10.8. The van der Waals surface area contributed by atoms with E-state index < -0.39 is 10.0 Å². The van der Waals surface area contributed by atoms with E-state index in [1.807, 2.05) is 30.3 Å². The van der Waals surface area contributed by atoms with Gasteiger partial charge in [-0.2, -0.15) is 0 Å². The first-order chi connectivity index (χ1) is 8.49. The highest BCUT2D eigenvalue weighted by Gasteiger charge is 1.99. The van der Waals surface area contributed by atoms with Crippen LogP contribution in [0.1, 0.15) is 12.0 Å². The summed E-state index contributed by atoms with van der Waals surface area (Å²) in [4.78, 5) is 0. The number of sulfonamides is 1. The summed E-state index contributed by atoms with van der Waals surface area (Å²) in [7, 11) is -3.07. The minimum absolute atomic E-state index is 0.462. The third-order valence-electron chi connectivity index (χ3n) is 2.42. The topological polar surface area (TPSA) is 58.2 Å². The first-order valence-corrected chi connectivity index (χ1v) is 7.77. The predicted octanol–water partition coefficient (Wildman–Crippen LogP) is 1.23. The molecule has 0 saturated carbocycles. The van der Waals surface area contributed by atoms with Gasteiger partial charge in [0.15, 0.2) is 0 Å². The van der Waals surface area contributed by atoms with E-state index >= 15 is 0 Å². The molecule has 0 saturated heterocycles. The van der Waals surface area contributed by atoms with Crippen molar-refractivity contribution in [3.8, 4) is 0 Å². The van der Waals surface area contributed by atoms with Crippen molar-refractivity contribution in [3.63, 3.8) is 0 Å². The fourth-order valence-corrected chi connectivity index (χ4v) is 2.00. The van der Waals surface area contributed by atoms with Crippen molar-refractivity contribution >= 4 is 15.6 Å². The lowest BCUT2D eigenvalue weighted by molar-refractivity contribution is 0.582. The Morgan fingerprint density at radius 2 is 1.89 bits per heavy atom. The Balaban J connectivity index is 2.14. The zero-order valence-electron chi connectivity index (χ0n) is 10.6. The number of hydrogen-bond acceptors (Lipinski definition) is 3. The van der Waals surface area contributed by atoms with E-state index in [0.29, 0.717) is 13.1 Å². The molecule has 0 amide bonds. The largest absolute Gasteiger partial charge is 0.313 e. The number of hydrogen-bond donors (Lipinski definition) is 2. The zero-order valence-corrected chi connectivity index (χ0v) is 11.5. The molecule has 0 fully saturated rings. The van der Waals surface area contributed by atoms with Gasteiger partial charge in [-0.05, 0) is 24.1 Å². The van der Waals surface area contributed by atoms with Gasteiger partial charge >= 0.3 is 0 Å². The third-order valence-corrected chi connectivity index (χ3v) is 3.14. The number of rotatable bonds is 8. The molecule has 2 N–H and O–H groups in total. The molecule has 0 heterocycles. The van der Waals surface area contributed by atoms with Gasteiger partial charge in [-0.3, -0.25) is 0 Å². The number of benzene rings is 1. The minimum Gasteiger partial charge on any atom is -0.313 e. The summed E-state index contributed by atoms with van der Waals surface area (Å²) >= 11 is 0. The summed E-state index contributed by atoms with van der Waals surface area (Å²) in [5.74, 6) is 0. The second kappa shape index (κ2) is 7.31. The van der Waals surface area contributed by atoms with Crippen molar-refractivity contribution in [2.24, 2.45) is 0 Å². The second-order valence-electron chi connectivity index (χ2n) is 4.17. The van der Waals surface area contributed by atoms with Crippen LogP contribution in [0.4, 0.5) is 0 Å². The maximum absolute atomic E-state index is 10.8. The fourth-order valence-electron chi connectivity index (χ4n) is 1.49. The molecule has 0 aliphatic carbocycles. The summed E-state index contributed by atoms with van der Waals surface area (Å²) in [6, 6.07) is 9.98. The highest BCUT2D eigenvalue weighted by Crippen LogP contribution is 2.09. The monoisotopic (exact) mass is 268 g/mol. The van der Waals surface area contributed by atoms with E-state index in [4.69, 9.17) is 0 Å². The van der Waals surface area contributed by atoms with Crippen LogP contribution in [0, 0.1) is 0 Å². The van der Waals surface area contributed by atoms with Crippen LogP contribution in [-0.2, 0) is 10.0 Å². The van der Waals surface area contributed by atoms with E-state index in [9.17, 15) is 8.42 Å². The quantitative estimate of drug-likeness (QED) is 0.697. The summed E-state index contributed by atoms with van der Waals surface area (Å²) in [5.41, 5.74) is 2.16. The van der Waals surface area contributed by atoms with Gasteiger partial charge in [0.05, 0.1) is 6.26 Å². The predicted molar refractivity (Wildman–Crippen MR) is 75.8 cm³/mol. The van der Waals surface area contributed by atoms with Crippen LogP contribution in [0.2, 0.25) is 0 Å². The Morgan fingerprint density at radius 1 is 1.22 bits per heavy atom. The molecule has 0 spiro atoms. The van der Waals surface area contributed by atoms with Crippen LogP contribution in [0.3, 0.4) is 0 Å². The molecule has 1 aromatic rings. The van der Waals surface area contributed by atoms with Crippen LogP contribution < -0.4 is 10.0 Å². The molecule has 18 heavy (non-hydrogen) atoms. The molecule has 5 heteroatoms. The SMILES string of the molecule is C=C(CNCCCNS(C)(=O)=O)c1ccccc1. The lowest BCUT2D eigenvalue weighted by atomic mass is 10.1. The van der Waals surface area contributed by atoms with Crippen LogP contribution in [0.25, 0.3) is 5.57 Å². The summed E-state index contributed by atoms with van der Waals surface area (Å²) < 4.78 is 24.1. The standard InChI is InChI=1S/C13H20N2O2S/c1-12(13-7-4-3-5-8-13)11-14-9-6-10-15-18(2,16)17/h3-5,7-8,14-15H,1,6,9-11H2,2H3. The van der Waals surface area contributed by atoms with Gasteiger partial charge < -0.3 is 5.32 Å². The first kappa shape index (κ1) is 14.9. The van der Waals surface area contributed by atoms with E-state index in [1.165, 1.54) is 0 Å². The lowest BCUT2D eigenvalue weighted by Gasteiger charge is -2.08. The molecular weight excluding hydrogens is 248 g/mol. The molecule has 1 rings (SSSR count). The molecule has 1 aromatic carbocycles. The normalized spacial score (nSPS) is 11.4. The first-order valence-electron chi connectivity index (χ1n) is 5.87. The van der Waals surface area contributed by atoms with Crippen LogP contribution in [0.5, 0.6) is 0 Å². The highest BCUT2D eigenvalue weighted by molar-refractivity contribution is 7.88. The average molecular weight is 268 g/mol. The van der Waals surface area contributed by atoms with E-state index in [2.05, 4.69) is 16.6 Å². The molecule has 0 unspecified atom stereocenters. The summed E-state index contributed by atoms with van der Waals surface area (Å²) in [5, 5.41) is 3.24. The molecule has 100 valence electrons. The smallest absolute Gasteiger partial charge is 0.208 e. The summed E-state index contributed by atoms with van der Waals surface area (Å²) in [6.07, 6.45) is 1.92. The Bertz CT molecular complexity index is 469. The third kappa shape index (κ3) is 6.54. The van der Waals surface area contributed by atoms with Crippen molar-refractivity contribution < 1.29 is 8.42 Å². The van der Waals surface area contributed by atoms with Crippen LogP contribution in [0.15, 0.2) is 36.9 Å². The van der Waals surface area contributed by atoms with Crippen molar-refractivity contribution in [3.05, 3.63) is 42.5 Å². The zero-order chi connectivity index (χ0) is 13.4. The molecule has 0 atom stereocenters. The Morgan fingerprint density at radius 3 is 2.50 bits per heavy atom. The van der Waals surface area contributed by atoms with Gasteiger partial charge in [0.1, 0.15) is 0 Å². The van der Waals surface area contributed by atoms with Gasteiger partial charge in [0, 0.05) is 13.1 Å². The molecule has 0 aliphatic rings. The van der Waals surface area contributed by atoms with Gasteiger partial charge in [-0.25, -0.2) is 13.1 Å². The van der Waals surface area contributed by atoms with E-state index in [1.54, 1.807) is 0 Å². The Labute approximate surface area is 109 Å². The van der Waals surface area contributed by atoms with Crippen molar-refractivity contribution in [2.45, 2.75) is 6.42 Å². The Hall–Kier alpha value is -1.17. The van der Waals surface area contributed by atoms with Gasteiger partial charge in [-0.1, -0.05) is 36.9 Å². The Kier molecular flexibility index (Phi) is 6.04. The van der Waals surface area contributed by atoms with Crippen LogP contribution >= 0.6 is 0 Å². The van der Waals surface area contributed by atoms with Crippen LogP contribution in [-0.4, -0.2) is 34.3 Å². The molecule has 0 bridgehead atoms. The average Bonchev–Trinajstić information content (AvgIpc) is 2.33. The summed E-state index contributed by atoms with van der Waals surface area (Å²) in [6.45, 7) is 5.94. The van der Waals surface area contributed by atoms with E-state index in [0.717, 1.165) is 30.4 Å². The lowest BCUT2D eigenvalue weighted by Crippen LogP contribution is -2.26. The van der Waals surface area contributed by atoms with Crippen molar-refractivity contribution in [2.75, 3.05) is 25.9 Å². The molecule has 4 nitrogen and oxygen atoms in total. The van der Waals surface area contributed by atoms with E-state index in [-0.39, 0.29) is 0 Å². The van der Waals surface area contributed by atoms with Gasteiger partial charge in [0.2, 0.25) is 10.0 Å². The minimum atomic E-state index is -3.07. The molecular formula is C13H20N2O2S.